The molecule has 1 aromatic heterocycles. The van der Waals surface area contributed by atoms with E-state index >= 15 is 0 Å². The predicted octanol–water partition coefficient (Wildman–Crippen LogP) is 4.02. The molecule has 0 spiro atoms. The summed E-state index contributed by atoms with van der Waals surface area (Å²) in [6.07, 6.45) is 3.77. The quantitative estimate of drug-likeness (QED) is 0.246. The van der Waals surface area contributed by atoms with Gasteiger partial charge < -0.3 is 20.1 Å². The van der Waals surface area contributed by atoms with Gasteiger partial charge in [0.15, 0.2) is 17.5 Å². The Morgan fingerprint density at radius 1 is 1.06 bits per heavy atom. The Labute approximate surface area is 200 Å². The van der Waals surface area contributed by atoms with Crippen LogP contribution in [-0.2, 0) is 6.54 Å². The molecule has 0 aliphatic carbocycles. The molecule has 0 bridgehead atoms. The van der Waals surface area contributed by atoms with Crippen LogP contribution >= 0.6 is 24.0 Å². The molecular weight excluding hydrogens is 505 g/mol. The fraction of sp³-hybridized carbons (Fsp3) is 0.304. The van der Waals surface area contributed by atoms with Crippen molar-refractivity contribution < 1.29 is 9.47 Å². The Balaban J connectivity index is 0.00000341. The molecule has 0 aliphatic heterocycles. The lowest BCUT2D eigenvalue weighted by Crippen LogP contribution is -2.41. The average Bonchev–Trinajstić information content (AvgIpc) is 3.26. The van der Waals surface area contributed by atoms with E-state index in [4.69, 9.17) is 9.47 Å². The van der Waals surface area contributed by atoms with Gasteiger partial charge in [-0.2, -0.15) is 5.10 Å². The SMILES string of the molecule is CCNC(=NCc1cnn(-c2ccccc2)c1)NCC(C)Oc1ccccc1OC.I. The Morgan fingerprint density at radius 2 is 1.77 bits per heavy atom. The van der Waals surface area contributed by atoms with Gasteiger partial charge in [-0.05, 0) is 38.1 Å². The van der Waals surface area contributed by atoms with Crippen molar-refractivity contribution in [3.63, 3.8) is 0 Å². The van der Waals surface area contributed by atoms with Gasteiger partial charge in [0.2, 0.25) is 0 Å². The molecule has 0 saturated heterocycles. The molecule has 1 heterocycles. The number of methoxy groups -OCH3 is 1. The molecule has 8 heteroatoms. The maximum atomic E-state index is 6.00. The highest BCUT2D eigenvalue weighted by molar-refractivity contribution is 14.0. The second-order valence-corrected chi connectivity index (χ2v) is 6.78. The number of aromatic nitrogens is 2. The summed E-state index contributed by atoms with van der Waals surface area (Å²) < 4.78 is 13.2. The third-order valence-electron chi connectivity index (χ3n) is 4.37. The molecule has 2 N–H and O–H groups in total. The Bertz CT molecular complexity index is 946. The van der Waals surface area contributed by atoms with Crippen LogP contribution in [0.5, 0.6) is 11.5 Å². The molecule has 3 rings (SSSR count). The lowest BCUT2D eigenvalue weighted by molar-refractivity contribution is 0.213. The Morgan fingerprint density at radius 3 is 2.48 bits per heavy atom. The summed E-state index contributed by atoms with van der Waals surface area (Å²) in [4.78, 5) is 4.66. The molecule has 31 heavy (non-hydrogen) atoms. The van der Waals surface area contributed by atoms with Crippen LogP contribution in [0.4, 0.5) is 0 Å². The highest BCUT2D eigenvalue weighted by Crippen LogP contribution is 2.26. The summed E-state index contributed by atoms with van der Waals surface area (Å²) in [6.45, 7) is 5.96. The second-order valence-electron chi connectivity index (χ2n) is 6.78. The average molecular weight is 535 g/mol. The lowest BCUT2D eigenvalue weighted by atomic mass is 10.3. The van der Waals surface area contributed by atoms with E-state index in [2.05, 4.69) is 20.7 Å². The molecule has 166 valence electrons. The Hall–Kier alpha value is -2.75. The van der Waals surface area contributed by atoms with Gasteiger partial charge in [-0.15, -0.1) is 24.0 Å². The Kier molecular flexibility index (Phi) is 10.2. The fourth-order valence-corrected chi connectivity index (χ4v) is 2.89. The maximum absolute atomic E-state index is 6.00. The summed E-state index contributed by atoms with van der Waals surface area (Å²) in [5, 5.41) is 11.0. The number of hydrogen-bond acceptors (Lipinski definition) is 4. The smallest absolute Gasteiger partial charge is 0.191 e. The standard InChI is InChI=1S/C23H29N5O2.HI/c1-4-24-23(25-14-18(2)30-22-13-9-8-12-21(22)29-3)26-15-19-16-27-28(17-19)20-10-6-5-7-11-20;/h5-13,16-18H,4,14-15H2,1-3H3,(H2,24,25,26);1H. The summed E-state index contributed by atoms with van der Waals surface area (Å²) in [5.74, 6) is 2.19. The molecule has 0 amide bonds. The predicted molar refractivity (Wildman–Crippen MR) is 135 cm³/mol. The fourth-order valence-electron chi connectivity index (χ4n) is 2.89. The van der Waals surface area contributed by atoms with E-state index in [1.165, 1.54) is 0 Å². The van der Waals surface area contributed by atoms with Crippen LogP contribution in [0.25, 0.3) is 5.69 Å². The molecule has 3 aromatic rings. The minimum atomic E-state index is -0.0639. The number of benzene rings is 2. The van der Waals surface area contributed by atoms with E-state index in [1.54, 1.807) is 7.11 Å². The largest absolute Gasteiger partial charge is 0.493 e. The summed E-state index contributed by atoms with van der Waals surface area (Å²) in [5.41, 5.74) is 2.06. The third-order valence-corrected chi connectivity index (χ3v) is 4.37. The maximum Gasteiger partial charge on any atom is 0.191 e. The van der Waals surface area contributed by atoms with E-state index < -0.39 is 0 Å². The van der Waals surface area contributed by atoms with Gasteiger partial charge in [-0.25, -0.2) is 9.67 Å². The van der Waals surface area contributed by atoms with E-state index in [-0.39, 0.29) is 30.1 Å². The van der Waals surface area contributed by atoms with Gasteiger partial charge in [0.05, 0.1) is 32.1 Å². The van der Waals surface area contributed by atoms with Crippen molar-refractivity contribution in [1.82, 2.24) is 20.4 Å². The van der Waals surface area contributed by atoms with Crippen LogP contribution in [0.15, 0.2) is 72.0 Å². The first-order chi connectivity index (χ1) is 14.7. The van der Waals surface area contributed by atoms with Crippen LogP contribution in [-0.4, -0.2) is 42.0 Å². The first kappa shape index (κ1) is 24.5. The van der Waals surface area contributed by atoms with Crippen LogP contribution in [0.1, 0.15) is 19.4 Å². The summed E-state index contributed by atoms with van der Waals surface area (Å²) in [7, 11) is 1.64. The summed E-state index contributed by atoms with van der Waals surface area (Å²) in [6, 6.07) is 17.7. The number of aliphatic imine (C=N–C) groups is 1. The van der Waals surface area contributed by atoms with Gasteiger partial charge >= 0.3 is 0 Å². The summed E-state index contributed by atoms with van der Waals surface area (Å²) >= 11 is 0. The number of para-hydroxylation sites is 3. The van der Waals surface area contributed by atoms with Crippen LogP contribution < -0.4 is 20.1 Å². The highest BCUT2D eigenvalue weighted by Gasteiger charge is 2.09. The lowest BCUT2D eigenvalue weighted by Gasteiger charge is -2.19. The van der Waals surface area contributed by atoms with Crippen LogP contribution in [0.3, 0.4) is 0 Å². The van der Waals surface area contributed by atoms with Gasteiger partial charge in [0, 0.05) is 18.3 Å². The van der Waals surface area contributed by atoms with Crippen molar-refractivity contribution in [3.8, 4) is 17.2 Å². The van der Waals surface area contributed by atoms with Crippen molar-refractivity contribution in [2.45, 2.75) is 26.5 Å². The topological polar surface area (TPSA) is 72.7 Å². The van der Waals surface area contributed by atoms with E-state index in [0.29, 0.717) is 13.1 Å². The number of hydrogen-bond donors (Lipinski definition) is 2. The number of guanidine groups is 1. The van der Waals surface area contributed by atoms with E-state index in [9.17, 15) is 0 Å². The molecule has 0 radical (unpaired) electrons. The first-order valence-corrected chi connectivity index (χ1v) is 10.1. The minimum Gasteiger partial charge on any atom is -0.493 e. The van der Waals surface area contributed by atoms with Gasteiger partial charge in [0.25, 0.3) is 0 Å². The van der Waals surface area contributed by atoms with Gasteiger partial charge in [0.1, 0.15) is 6.10 Å². The molecule has 1 unspecified atom stereocenters. The number of ether oxygens (including phenoxy) is 2. The first-order valence-electron chi connectivity index (χ1n) is 10.1. The zero-order chi connectivity index (χ0) is 21.2. The van der Waals surface area contributed by atoms with Crippen molar-refractivity contribution >= 4 is 29.9 Å². The molecule has 7 nitrogen and oxygen atoms in total. The van der Waals surface area contributed by atoms with Crippen molar-refractivity contribution in [1.29, 1.82) is 0 Å². The number of nitrogens with zero attached hydrogens (tertiary/aromatic N) is 3. The normalized spacial score (nSPS) is 11.9. The van der Waals surface area contributed by atoms with Gasteiger partial charge in [-0.1, -0.05) is 30.3 Å². The minimum absolute atomic E-state index is 0. The number of nitrogens with one attached hydrogen (secondary N) is 2. The van der Waals surface area contributed by atoms with E-state index in [0.717, 1.165) is 35.3 Å². The highest BCUT2D eigenvalue weighted by atomic mass is 127. The third kappa shape index (κ3) is 7.46. The number of halogens is 1. The van der Waals surface area contributed by atoms with Crippen molar-refractivity contribution in [2.75, 3.05) is 20.2 Å². The zero-order valence-corrected chi connectivity index (χ0v) is 20.4. The van der Waals surface area contributed by atoms with Crippen LogP contribution in [0.2, 0.25) is 0 Å². The second kappa shape index (κ2) is 12.8. The van der Waals surface area contributed by atoms with Gasteiger partial charge in [-0.3, -0.25) is 0 Å². The molecule has 0 aliphatic rings. The zero-order valence-electron chi connectivity index (χ0n) is 18.1. The van der Waals surface area contributed by atoms with Crippen LogP contribution in [0, 0.1) is 0 Å². The van der Waals surface area contributed by atoms with Crippen molar-refractivity contribution in [3.05, 3.63) is 72.6 Å². The molecule has 0 saturated carbocycles. The number of rotatable bonds is 9. The molecule has 2 aromatic carbocycles. The van der Waals surface area contributed by atoms with E-state index in [1.807, 2.05) is 85.5 Å². The molecular formula is C23H30IN5O2. The molecule has 1 atom stereocenters. The monoisotopic (exact) mass is 535 g/mol. The molecule has 0 fully saturated rings. The van der Waals surface area contributed by atoms with Crippen molar-refractivity contribution in [2.24, 2.45) is 4.99 Å².